The number of nitrogens with zero attached hydrogens (tertiary/aromatic N) is 1. The van der Waals surface area contributed by atoms with Gasteiger partial charge in [-0.15, -0.1) is 0 Å². The zero-order valence-corrected chi connectivity index (χ0v) is 9.57. The number of hydrogen-bond donors (Lipinski definition) is 1. The summed E-state index contributed by atoms with van der Waals surface area (Å²) in [5, 5.41) is 0. The molecule has 98 valence electrons. The van der Waals surface area contributed by atoms with Gasteiger partial charge in [0.05, 0.1) is 5.56 Å². The van der Waals surface area contributed by atoms with E-state index in [2.05, 4.69) is 0 Å². The highest BCUT2D eigenvalue weighted by Gasteiger charge is 2.32. The molecule has 1 aliphatic heterocycles. The molecule has 1 amide bonds. The molecule has 2 N–H and O–H groups in total. The van der Waals surface area contributed by atoms with Crippen LogP contribution < -0.4 is 10.6 Å². The van der Waals surface area contributed by atoms with E-state index in [4.69, 9.17) is 5.73 Å². The van der Waals surface area contributed by atoms with Crippen molar-refractivity contribution in [1.29, 1.82) is 0 Å². The average molecular weight is 258 g/mol. The maximum Gasteiger partial charge on any atom is 0.416 e. The number of benzene rings is 1. The number of anilines is 1. The summed E-state index contributed by atoms with van der Waals surface area (Å²) in [4.78, 5) is 13.0. The number of nitrogens with two attached hydrogens (primary N) is 1. The zero-order chi connectivity index (χ0) is 13.3. The highest BCUT2D eigenvalue weighted by Crippen LogP contribution is 2.32. The van der Waals surface area contributed by atoms with Crippen molar-refractivity contribution in [2.45, 2.75) is 25.1 Å². The molecule has 1 heterocycles. The Morgan fingerprint density at radius 2 is 1.89 bits per heavy atom. The molecule has 18 heavy (non-hydrogen) atoms. The van der Waals surface area contributed by atoms with E-state index >= 15 is 0 Å². The van der Waals surface area contributed by atoms with Crippen molar-refractivity contribution in [3.8, 4) is 0 Å². The van der Waals surface area contributed by atoms with Crippen molar-refractivity contribution < 1.29 is 18.0 Å². The lowest BCUT2D eigenvalue weighted by atomic mass is 10.1. The van der Waals surface area contributed by atoms with Crippen LogP contribution in [0.5, 0.6) is 0 Å². The van der Waals surface area contributed by atoms with Crippen LogP contribution in [0.3, 0.4) is 0 Å². The van der Waals surface area contributed by atoms with E-state index in [1.165, 1.54) is 12.1 Å². The molecule has 1 aromatic rings. The van der Waals surface area contributed by atoms with Gasteiger partial charge in [0.2, 0.25) is 5.91 Å². The number of carbonyl (C=O) groups excluding carboxylic acids is 1. The minimum atomic E-state index is -4.34. The lowest BCUT2D eigenvalue weighted by Crippen LogP contribution is -2.40. The molecule has 3 nitrogen and oxygen atoms in total. The first-order chi connectivity index (χ1) is 8.39. The van der Waals surface area contributed by atoms with Gasteiger partial charge in [0, 0.05) is 12.2 Å². The van der Waals surface area contributed by atoms with E-state index in [0.717, 1.165) is 18.6 Å². The van der Waals surface area contributed by atoms with Gasteiger partial charge in [-0.2, -0.15) is 13.2 Å². The van der Waals surface area contributed by atoms with Crippen LogP contribution in [0.2, 0.25) is 0 Å². The first-order valence-electron chi connectivity index (χ1n) is 5.63. The SMILES string of the molecule is NC(=O)[C@H]1CCCN1c1ccc(C(F)(F)F)cc1. The number of rotatable bonds is 2. The monoisotopic (exact) mass is 258 g/mol. The van der Waals surface area contributed by atoms with E-state index in [0.29, 0.717) is 18.7 Å². The Morgan fingerprint density at radius 1 is 1.28 bits per heavy atom. The van der Waals surface area contributed by atoms with E-state index in [1.54, 1.807) is 4.90 Å². The number of amides is 1. The predicted octanol–water partition coefficient (Wildman–Crippen LogP) is 2.16. The summed E-state index contributed by atoms with van der Waals surface area (Å²) in [7, 11) is 0. The molecule has 1 atom stereocenters. The van der Waals surface area contributed by atoms with Gasteiger partial charge in [-0.3, -0.25) is 4.79 Å². The van der Waals surface area contributed by atoms with Crippen molar-refractivity contribution in [2.75, 3.05) is 11.4 Å². The fourth-order valence-electron chi connectivity index (χ4n) is 2.21. The van der Waals surface area contributed by atoms with Gasteiger partial charge < -0.3 is 10.6 Å². The van der Waals surface area contributed by atoms with Gasteiger partial charge in [0.15, 0.2) is 0 Å². The molecule has 1 saturated heterocycles. The second-order valence-electron chi connectivity index (χ2n) is 4.30. The predicted molar refractivity (Wildman–Crippen MR) is 61.0 cm³/mol. The molecule has 0 saturated carbocycles. The Bertz CT molecular complexity index is 442. The number of hydrogen-bond acceptors (Lipinski definition) is 2. The van der Waals surface area contributed by atoms with Crippen LogP contribution in [0.1, 0.15) is 18.4 Å². The molecule has 6 heteroatoms. The highest BCUT2D eigenvalue weighted by molar-refractivity contribution is 5.84. The van der Waals surface area contributed by atoms with E-state index < -0.39 is 23.7 Å². The first-order valence-corrected chi connectivity index (χ1v) is 5.63. The minimum absolute atomic E-state index is 0.415. The van der Waals surface area contributed by atoms with Gasteiger partial charge >= 0.3 is 6.18 Å². The first kappa shape index (κ1) is 12.7. The topological polar surface area (TPSA) is 46.3 Å². The summed E-state index contributed by atoms with van der Waals surface area (Å²) in [6, 6.07) is 4.38. The Kier molecular flexibility index (Phi) is 3.19. The normalized spacial score (nSPS) is 20.2. The van der Waals surface area contributed by atoms with Crippen LogP contribution in [0.4, 0.5) is 18.9 Å². The summed E-state index contributed by atoms with van der Waals surface area (Å²) in [5.74, 6) is -0.438. The van der Waals surface area contributed by atoms with Gasteiger partial charge in [-0.25, -0.2) is 0 Å². The smallest absolute Gasteiger partial charge is 0.368 e. The molecule has 0 spiro atoms. The van der Waals surface area contributed by atoms with Crippen molar-refractivity contribution >= 4 is 11.6 Å². The third kappa shape index (κ3) is 2.42. The number of alkyl halides is 3. The molecule has 1 fully saturated rings. The van der Waals surface area contributed by atoms with Crippen LogP contribution >= 0.6 is 0 Å². The van der Waals surface area contributed by atoms with Crippen molar-refractivity contribution in [2.24, 2.45) is 5.73 Å². The van der Waals surface area contributed by atoms with E-state index in [-0.39, 0.29) is 0 Å². The molecule has 1 aliphatic rings. The second kappa shape index (κ2) is 4.51. The third-order valence-electron chi connectivity index (χ3n) is 3.11. The summed E-state index contributed by atoms with van der Waals surface area (Å²) in [6.07, 6.45) is -2.88. The van der Waals surface area contributed by atoms with Crippen LogP contribution in [0, 0.1) is 0 Å². The minimum Gasteiger partial charge on any atom is -0.368 e. The van der Waals surface area contributed by atoms with Gasteiger partial charge in [-0.05, 0) is 37.1 Å². The molecule has 0 aromatic heterocycles. The fraction of sp³-hybridized carbons (Fsp3) is 0.417. The quantitative estimate of drug-likeness (QED) is 0.883. The van der Waals surface area contributed by atoms with Crippen LogP contribution in [-0.4, -0.2) is 18.5 Å². The van der Waals surface area contributed by atoms with Crippen LogP contribution in [0.25, 0.3) is 0 Å². The largest absolute Gasteiger partial charge is 0.416 e. The lowest BCUT2D eigenvalue weighted by molar-refractivity contribution is -0.137. The Balaban J connectivity index is 2.22. The van der Waals surface area contributed by atoms with E-state index in [9.17, 15) is 18.0 Å². The van der Waals surface area contributed by atoms with Gasteiger partial charge in [0.1, 0.15) is 6.04 Å². The molecule has 0 aliphatic carbocycles. The Hall–Kier alpha value is -1.72. The van der Waals surface area contributed by atoms with Crippen molar-refractivity contribution in [1.82, 2.24) is 0 Å². The molecule has 0 unspecified atom stereocenters. The summed E-state index contributed by atoms with van der Waals surface area (Å²) in [6.45, 7) is 0.638. The standard InChI is InChI=1S/C12H13F3N2O/c13-12(14,15)8-3-5-9(6-4-8)17-7-1-2-10(17)11(16)18/h3-6,10H,1-2,7H2,(H2,16,18)/t10-/m1/s1. The zero-order valence-electron chi connectivity index (χ0n) is 9.57. The van der Waals surface area contributed by atoms with Gasteiger partial charge in [-0.1, -0.05) is 0 Å². The molecule has 0 radical (unpaired) electrons. The van der Waals surface area contributed by atoms with Crippen LogP contribution in [0.15, 0.2) is 24.3 Å². The molecular weight excluding hydrogens is 245 g/mol. The molecule has 0 bridgehead atoms. The summed E-state index contributed by atoms with van der Waals surface area (Å²) in [5.41, 5.74) is 5.17. The maximum atomic E-state index is 12.4. The molecule has 1 aromatic carbocycles. The Labute approximate surface area is 102 Å². The fourth-order valence-corrected chi connectivity index (χ4v) is 2.21. The van der Waals surface area contributed by atoms with Crippen LogP contribution in [-0.2, 0) is 11.0 Å². The number of primary amides is 1. The Morgan fingerprint density at radius 3 is 2.39 bits per heavy atom. The van der Waals surface area contributed by atoms with Crippen molar-refractivity contribution in [3.63, 3.8) is 0 Å². The second-order valence-corrected chi connectivity index (χ2v) is 4.30. The highest BCUT2D eigenvalue weighted by atomic mass is 19.4. The van der Waals surface area contributed by atoms with Gasteiger partial charge in [0.25, 0.3) is 0 Å². The summed E-state index contributed by atoms with van der Waals surface area (Å²) >= 11 is 0. The number of carbonyl (C=O) groups is 1. The molecule has 2 rings (SSSR count). The number of halogens is 3. The van der Waals surface area contributed by atoms with Crippen molar-refractivity contribution in [3.05, 3.63) is 29.8 Å². The lowest BCUT2D eigenvalue weighted by Gasteiger charge is -2.24. The average Bonchev–Trinajstić information content (AvgIpc) is 2.77. The molecular formula is C12H13F3N2O. The summed E-state index contributed by atoms with van der Waals surface area (Å²) < 4.78 is 37.2. The van der Waals surface area contributed by atoms with E-state index in [1.807, 2.05) is 0 Å². The maximum absolute atomic E-state index is 12.4. The third-order valence-corrected chi connectivity index (χ3v) is 3.11.